The molecule has 58 heavy (non-hydrogen) atoms. The smallest absolute Gasteiger partial charge is 0.217 e. The van der Waals surface area contributed by atoms with Gasteiger partial charge in [0.1, 0.15) is 21.9 Å². The number of aryl methyl sites for hydroxylation is 2. The molecule has 0 aromatic carbocycles. The molecule has 4 aromatic heterocycles. The van der Waals surface area contributed by atoms with Gasteiger partial charge in [-0.2, -0.15) is 0 Å². The van der Waals surface area contributed by atoms with Crippen LogP contribution in [0.25, 0.3) is 0 Å². The first-order valence-electron chi connectivity index (χ1n) is 21.0. The predicted octanol–water partition coefficient (Wildman–Crippen LogP) is 13.3. The largest absolute Gasteiger partial charge is 0.475 e. The Balaban J connectivity index is 0. The molecular weight excluding hydrogens is 743 g/mol. The Morgan fingerprint density at radius 2 is 1.26 bits per heavy atom. The molecule has 10 nitrogen and oxygen atoms in total. The van der Waals surface area contributed by atoms with Gasteiger partial charge in [0.15, 0.2) is 5.88 Å². The molecule has 1 atom stereocenters. The van der Waals surface area contributed by atoms with Crippen LogP contribution in [0.3, 0.4) is 0 Å². The van der Waals surface area contributed by atoms with E-state index in [1.807, 2.05) is 59.1 Å². The third-order valence-corrected chi connectivity index (χ3v) is 7.67. The Bertz CT molecular complexity index is 1530. The Morgan fingerprint density at radius 3 is 1.62 bits per heavy atom. The molecule has 0 saturated carbocycles. The van der Waals surface area contributed by atoms with Gasteiger partial charge < -0.3 is 19.0 Å². The van der Waals surface area contributed by atoms with Gasteiger partial charge in [0, 0.05) is 44.6 Å². The van der Waals surface area contributed by atoms with Crippen molar-refractivity contribution >= 4 is 11.3 Å². The van der Waals surface area contributed by atoms with E-state index in [1.54, 1.807) is 24.5 Å². The van der Waals surface area contributed by atoms with Gasteiger partial charge in [0.2, 0.25) is 11.8 Å². The van der Waals surface area contributed by atoms with Gasteiger partial charge in [-0.05, 0) is 65.0 Å². The van der Waals surface area contributed by atoms with Crippen LogP contribution in [0.5, 0.6) is 0 Å². The fraction of sp³-hybridized carbons (Fsp3) is 0.702. The first kappa shape index (κ1) is 56.5. The van der Waals surface area contributed by atoms with Crippen LogP contribution in [-0.2, 0) is 30.4 Å². The summed E-state index contributed by atoms with van der Waals surface area (Å²) in [5.74, 6) is 3.06. The van der Waals surface area contributed by atoms with Crippen LogP contribution in [0.2, 0.25) is 0 Å². The van der Waals surface area contributed by atoms with Crippen molar-refractivity contribution < 1.29 is 13.7 Å². The average molecular weight is 828 g/mol. The number of nitrogens with zero attached hydrogens (tertiary/aromatic N) is 6. The van der Waals surface area contributed by atoms with E-state index in [4.69, 9.17) is 13.7 Å². The standard InChI is InChI=1S/C10H15N.C9H17NO.C8H14N2O.C8H14N2S.C8H13NO.2C2H6/c1-10(2,3)7-9-5-4-6-11-8-9;1-7-10-6-8(11-7)5-9(2,3)4;2*1-6-9-10-7(11-6)5-8(2,3)4;1-8(2,3)6-7-4-5-9-10-7;2*1-2/h4-6,8H,7H2,1-3H3;8,10H,1,5-6H2,2-4H3;2*5H2,1-4H3;4-5H,6H2,1-3H3;2*1-2H3. The molecule has 5 heterocycles. The number of rotatable bonds is 5. The fourth-order valence-electron chi connectivity index (χ4n) is 5.01. The van der Waals surface area contributed by atoms with Crippen LogP contribution in [0.15, 0.2) is 58.2 Å². The maximum absolute atomic E-state index is 5.43. The number of pyridine rings is 1. The molecule has 1 aliphatic rings. The van der Waals surface area contributed by atoms with Crippen molar-refractivity contribution in [1.82, 2.24) is 35.9 Å². The molecule has 0 aliphatic carbocycles. The molecule has 4 aromatic rings. The van der Waals surface area contributed by atoms with Crippen molar-refractivity contribution in [2.45, 2.75) is 184 Å². The summed E-state index contributed by atoms with van der Waals surface area (Å²) in [6.07, 6.45) is 10.8. The van der Waals surface area contributed by atoms with Crippen molar-refractivity contribution in [3.8, 4) is 0 Å². The molecule has 1 N–H and O–H groups in total. The summed E-state index contributed by atoms with van der Waals surface area (Å²) < 4.78 is 15.6. The molecule has 1 unspecified atom stereocenters. The summed E-state index contributed by atoms with van der Waals surface area (Å²) in [4.78, 5) is 4.07. The van der Waals surface area contributed by atoms with Gasteiger partial charge in [0.25, 0.3) is 0 Å². The topological polar surface area (TPSA) is 125 Å². The molecule has 11 heteroatoms. The highest BCUT2D eigenvalue weighted by molar-refractivity contribution is 7.11. The van der Waals surface area contributed by atoms with Gasteiger partial charge in [-0.15, -0.1) is 31.7 Å². The zero-order valence-electron chi connectivity index (χ0n) is 40.8. The number of hydrogen-bond donors (Lipinski definition) is 1. The van der Waals surface area contributed by atoms with E-state index in [0.29, 0.717) is 33.7 Å². The Hall–Kier alpha value is -3.60. The highest BCUT2D eigenvalue weighted by atomic mass is 32.1. The minimum absolute atomic E-state index is 0.221. The van der Waals surface area contributed by atoms with Gasteiger partial charge in [-0.3, -0.25) is 4.98 Å². The second-order valence-corrected chi connectivity index (χ2v) is 21.3. The van der Waals surface area contributed by atoms with Crippen LogP contribution in [-0.4, -0.2) is 43.2 Å². The average Bonchev–Trinajstić information content (AvgIpc) is 3.89. The van der Waals surface area contributed by atoms with Gasteiger partial charge in [0.05, 0.1) is 12.7 Å². The lowest BCUT2D eigenvalue weighted by molar-refractivity contribution is 0.122. The molecule has 0 radical (unpaired) electrons. The molecule has 5 rings (SSSR count). The highest BCUT2D eigenvalue weighted by Gasteiger charge is 2.24. The summed E-state index contributed by atoms with van der Waals surface area (Å²) in [5, 5.41) is 24.6. The Kier molecular flexibility index (Phi) is 26.5. The van der Waals surface area contributed by atoms with E-state index < -0.39 is 0 Å². The number of ether oxygens (including phenoxy) is 1. The van der Waals surface area contributed by atoms with Crippen LogP contribution < -0.4 is 5.32 Å². The molecule has 1 fully saturated rings. The second-order valence-electron chi connectivity index (χ2n) is 20.0. The SMILES string of the molecule is C=C1NCC(CC(C)(C)C)O1.CC.CC.CC(C)(C)Cc1cccnc1.CC(C)(C)Cc1ccno1.Cc1nnc(CC(C)(C)C)o1.Cc1nnc(CC(C)(C)C)s1. The molecule has 332 valence electrons. The minimum Gasteiger partial charge on any atom is -0.475 e. The van der Waals surface area contributed by atoms with Gasteiger partial charge in [-0.1, -0.05) is 143 Å². The van der Waals surface area contributed by atoms with E-state index >= 15 is 0 Å². The summed E-state index contributed by atoms with van der Waals surface area (Å²) in [6, 6.07) is 6.02. The third kappa shape index (κ3) is 34.4. The molecule has 0 amide bonds. The van der Waals surface area contributed by atoms with E-state index in [9.17, 15) is 0 Å². The predicted molar refractivity (Wildman–Crippen MR) is 246 cm³/mol. The van der Waals surface area contributed by atoms with Crippen LogP contribution in [0, 0.1) is 40.9 Å². The first-order valence-corrected chi connectivity index (χ1v) is 21.9. The lowest BCUT2D eigenvalue weighted by Crippen LogP contribution is -2.21. The van der Waals surface area contributed by atoms with Crippen LogP contribution >= 0.6 is 11.3 Å². The number of nitrogens with one attached hydrogen (secondary N) is 1. The van der Waals surface area contributed by atoms with Gasteiger partial charge >= 0.3 is 0 Å². The van der Waals surface area contributed by atoms with Crippen LogP contribution in [0.1, 0.15) is 171 Å². The van der Waals surface area contributed by atoms with Crippen molar-refractivity contribution in [3.05, 3.63) is 82.4 Å². The summed E-state index contributed by atoms with van der Waals surface area (Å²) >= 11 is 1.69. The van der Waals surface area contributed by atoms with Crippen molar-refractivity contribution in [3.63, 3.8) is 0 Å². The van der Waals surface area contributed by atoms with E-state index in [2.05, 4.69) is 152 Å². The maximum atomic E-state index is 5.43. The summed E-state index contributed by atoms with van der Waals surface area (Å²) in [5.41, 5.74) is 2.87. The molecule has 1 saturated heterocycles. The summed E-state index contributed by atoms with van der Waals surface area (Å²) in [6.45, 7) is 49.4. The van der Waals surface area contributed by atoms with Crippen molar-refractivity contribution in [1.29, 1.82) is 0 Å². The van der Waals surface area contributed by atoms with Gasteiger partial charge in [-0.25, -0.2) is 0 Å². The maximum Gasteiger partial charge on any atom is 0.217 e. The number of aromatic nitrogens is 6. The highest BCUT2D eigenvalue weighted by Crippen LogP contribution is 2.25. The van der Waals surface area contributed by atoms with E-state index in [-0.39, 0.29) is 5.41 Å². The lowest BCUT2D eigenvalue weighted by Gasteiger charge is -2.21. The fourth-order valence-corrected chi connectivity index (χ4v) is 6.01. The molecule has 0 bridgehead atoms. The first-order chi connectivity index (χ1) is 26.6. The van der Waals surface area contributed by atoms with E-state index in [1.165, 1.54) is 5.56 Å². The minimum atomic E-state index is 0.221. The third-order valence-electron chi connectivity index (χ3n) is 6.83. The lowest BCUT2D eigenvalue weighted by atomic mass is 9.89. The Labute approximate surface area is 359 Å². The monoisotopic (exact) mass is 828 g/mol. The number of hydrogen-bond acceptors (Lipinski definition) is 11. The molecular formula is C47H85N7O3S. The second kappa shape index (κ2) is 27.2. The van der Waals surface area contributed by atoms with E-state index in [0.717, 1.165) is 66.2 Å². The summed E-state index contributed by atoms with van der Waals surface area (Å²) in [7, 11) is 0. The Morgan fingerprint density at radius 1 is 0.690 bits per heavy atom. The molecule has 1 aliphatic heterocycles. The van der Waals surface area contributed by atoms with Crippen LogP contribution in [0.4, 0.5) is 0 Å². The zero-order chi connectivity index (χ0) is 45.4. The normalized spacial score (nSPS) is 13.7. The zero-order valence-corrected chi connectivity index (χ0v) is 41.6. The molecule has 0 spiro atoms. The quantitative estimate of drug-likeness (QED) is 0.208. The van der Waals surface area contributed by atoms with Crippen molar-refractivity contribution in [2.24, 2.45) is 27.1 Å². The van der Waals surface area contributed by atoms with Crippen molar-refractivity contribution in [2.75, 3.05) is 6.54 Å².